The Bertz CT molecular complexity index is 224. The molecule has 0 saturated heterocycles. The first-order chi connectivity index (χ1) is 6.57. The third-order valence-corrected chi connectivity index (χ3v) is 1.56. The molecule has 0 radical (unpaired) electrons. The van der Waals surface area contributed by atoms with Crippen LogP contribution in [0.3, 0.4) is 0 Å². The molecule has 0 saturated carbocycles. The number of carbonyl (C=O) groups is 2. The predicted molar refractivity (Wildman–Crippen MR) is 52.1 cm³/mol. The van der Waals surface area contributed by atoms with Crippen molar-refractivity contribution in [2.75, 3.05) is 6.54 Å². The molecule has 2 amide bonds. The predicted octanol–water partition coefficient (Wildman–Crippen LogP) is -2.36. The van der Waals surface area contributed by atoms with Crippen molar-refractivity contribution in [1.29, 1.82) is 0 Å². The summed E-state index contributed by atoms with van der Waals surface area (Å²) in [5.41, 5.74) is 15.2. The lowest BCUT2D eigenvalue weighted by Gasteiger charge is -2.10. The van der Waals surface area contributed by atoms with Crippen LogP contribution in [0.1, 0.15) is 12.8 Å². The Hall–Kier alpha value is -1.79. The lowest BCUT2D eigenvalue weighted by atomic mass is 10.1. The van der Waals surface area contributed by atoms with Crippen molar-refractivity contribution >= 4 is 18.3 Å². The number of carbonyl (C=O) groups excluding carboxylic acids is 2. The van der Waals surface area contributed by atoms with Crippen LogP contribution in [0, 0.1) is 0 Å². The normalized spacial score (nSPS) is 11.4. The number of aliphatic imine (C=N–C) groups is 1. The van der Waals surface area contributed by atoms with Gasteiger partial charge in [0.2, 0.25) is 12.3 Å². The average Bonchev–Trinajstić information content (AvgIpc) is 2.09. The minimum Gasteiger partial charge on any atom is -0.370 e. The third-order valence-electron chi connectivity index (χ3n) is 1.56. The number of rotatable bonds is 7. The molecule has 0 aromatic carbocycles. The molecule has 0 aromatic heterocycles. The van der Waals surface area contributed by atoms with E-state index < -0.39 is 11.9 Å². The fraction of sp³-hybridized carbons (Fsp3) is 0.571. The number of hydrogen-bond donors (Lipinski definition) is 4. The van der Waals surface area contributed by atoms with Crippen molar-refractivity contribution < 1.29 is 9.59 Å². The number of nitrogens with one attached hydrogen (secondary N) is 1. The first kappa shape index (κ1) is 12.2. The van der Waals surface area contributed by atoms with E-state index in [0.717, 1.165) is 0 Å². The van der Waals surface area contributed by atoms with E-state index in [1.165, 1.54) is 0 Å². The maximum atomic E-state index is 10.7. The first-order valence-corrected chi connectivity index (χ1v) is 4.12. The molecule has 0 aliphatic carbocycles. The van der Waals surface area contributed by atoms with E-state index in [4.69, 9.17) is 17.2 Å². The van der Waals surface area contributed by atoms with Gasteiger partial charge in [0, 0.05) is 6.54 Å². The average molecular weight is 201 g/mol. The summed E-state index contributed by atoms with van der Waals surface area (Å²) in [5, 5.41) is 2.30. The van der Waals surface area contributed by atoms with Gasteiger partial charge in [0.05, 0.1) is 0 Å². The van der Waals surface area contributed by atoms with Gasteiger partial charge in [-0.3, -0.25) is 14.6 Å². The number of nitrogens with two attached hydrogens (primary N) is 3. The van der Waals surface area contributed by atoms with Crippen LogP contribution >= 0.6 is 0 Å². The summed E-state index contributed by atoms with van der Waals surface area (Å²) in [6.45, 7) is 0.409. The van der Waals surface area contributed by atoms with Gasteiger partial charge < -0.3 is 22.5 Å². The zero-order valence-corrected chi connectivity index (χ0v) is 7.77. The van der Waals surface area contributed by atoms with Gasteiger partial charge >= 0.3 is 0 Å². The molecule has 80 valence electrons. The van der Waals surface area contributed by atoms with Crippen LogP contribution in [0.2, 0.25) is 0 Å². The Balaban J connectivity index is 3.77. The van der Waals surface area contributed by atoms with Crippen molar-refractivity contribution in [3.63, 3.8) is 0 Å². The molecule has 7 heteroatoms. The SMILES string of the molecule is NC(=O)C(CCCN=C(N)N)NC=O. The fourth-order valence-electron chi connectivity index (χ4n) is 0.893. The Labute approximate surface area is 81.7 Å². The Kier molecular flexibility index (Phi) is 5.84. The van der Waals surface area contributed by atoms with Gasteiger partial charge in [-0.25, -0.2) is 0 Å². The van der Waals surface area contributed by atoms with Gasteiger partial charge in [-0.05, 0) is 12.8 Å². The van der Waals surface area contributed by atoms with Crippen molar-refractivity contribution in [3.8, 4) is 0 Å². The highest BCUT2D eigenvalue weighted by Crippen LogP contribution is 1.96. The summed E-state index contributed by atoms with van der Waals surface area (Å²) < 4.78 is 0. The molecule has 7 N–H and O–H groups in total. The van der Waals surface area contributed by atoms with Crippen LogP contribution in [0.4, 0.5) is 0 Å². The molecule has 1 unspecified atom stereocenters. The van der Waals surface area contributed by atoms with Gasteiger partial charge in [0.1, 0.15) is 6.04 Å². The highest BCUT2D eigenvalue weighted by Gasteiger charge is 2.12. The van der Waals surface area contributed by atoms with E-state index in [-0.39, 0.29) is 5.96 Å². The molecular weight excluding hydrogens is 186 g/mol. The van der Waals surface area contributed by atoms with Crippen LogP contribution in [-0.2, 0) is 9.59 Å². The quantitative estimate of drug-likeness (QED) is 0.158. The molecule has 14 heavy (non-hydrogen) atoms. The van der Waals surface area contributed by atoms with E-state index in [1.807, 2.05) is 0 Å². The minimum absolute atomic E-state index is 0.00368. The van der Waals surface area contributed by atoms with Crippen molar-refractivity contribution in [3.05, 3.63) is 0 Å². The van der Waals surface area contributed by atoms with Gasteiger partial charge in [-0.2, -0.15) is 0 Å². The van der Waals surface area contributed by atoms with Crippen LogP contribution in [-0.4, -0.2) is 30.9 Å². The Morgan fingerprint density at radius 1 is 1.43 bits per heavy atom. The minimum atomic E-state index is -0.651. The molecule has 0 aliphatic heterocycles. The summed E-state index contributed by atoms with van der Waals surface area (Å²) in [6.07, 6.45) is 1.44. The summed E-state index contributed by atoms with van der Waals surface area (Å²) >= 11 is 0. The molecular formula is C7H15N5O2. The van der Waals surface area contributed by atoms with Gasteiger partial charge in [0.15, 0.2) is 5.96 Å². The van der Waals surface area contributed by atoms with Gasteiger partial charge in [0.25, 0.3) is 0 Å². The van der Waals surface area contributed by atoms with Gasteiger partial charge in [-0.15, -0.1) is 0 Å². The lowest BCUT2D eigenvalue weighted by molar-refractivity contribution is -0.122. The second-order valence-corrected chi connectivity index (χ2v) is 2.69. The molecule has 0 aliphatic rings. The topological polar surface area (TPSA) is 137 Å². The first-order valence-electron chi connectivity index (χ1n) is 4.12. The van der Waals surface area contributed by atoms with Crippen molar-refractivity contribution in [1.82, 2.24) is 5.32 Å². The zero-order valence-electron chi connectivity index (χ0n) is 7.77. The Morgan fingerprint density at radius 2 is 2.07 bits per heavy atom. The molecule has 0 fully saturated rings. The van der Waals surface area contributed by atoms with Gasteiger partial charge in [-0.1, -0.05) is 0 Å². The van der Waals surface area contributed by atoms with E-state index in [9.17, 15) is 9.59 Å². The lowest BCUT2D eigenvalue weighted by Crippen LogP contribution is -2.40. The van der Waals surface area contributed by atoms with E-state index in [2.05, 4.69) is 10.3 Å². The second-order valence-electron chi connectivity index (χ2n) is 2.69. The molecule has 0 spiro atoms. The maximum Gasteiger partial charge on any atom is 0.239 e. The molecule has 7 nitrogen and oxygen atoms in total. The van der Waals surface area contributed by atoms with E-state index in [0.29, 0.717) is 25.8 Å². The van der Waals surface area contributed by atoms with E-state index >= 15 is 0 Å². The molecule has 0 aromatic rings. The van der Waals surface area contributed by atoms with Crippen LogP contribution in [0.25, 0.3) is 0 Å². The fourth-order valence-corrected chi connectivity index (χ4v) is 0.893. The highest BCUT2D eigenvalue weighted by molar-refractivity contribution is 5.81. The molecule has 0 bridgehead atoms. The Morgan fingerprint density at radius 3 is 2.50 bits per heavy atom. The summed E-state index contributed by atoms with van der Waals surface area (Å²) in [4.78, 5) is 24.5. The summed E-state index contributed by atoms with van der Waals surface area (Å²) in [7, 11) is 0. The highest BCUT2D eigenvalue weighted by atomic mass is 16.2. The summed E-state index contributed by atoms with van der Waals surface area (Å²) in [6, 6.07) is -0.651. The number of nitrogens with zero attached hydrogens (tertiary/aromatic N) is 1. The zero-order chi connectivity index (χ0) is 11.0. The number of hydrogen-bond acceptors (Lipinski definition) is 3. The largest absolute Gasteiger partial charge is 0.370 e. The monoisotopic (exact) mass is 201 g/mol. The van der Waals surface area contributed by atoms with Crippen LogP contribution < -0.4 is 22.5 Å². The third kappa shape index (κ3) is 5.81. The van der Waals surface area contributed by atoms with Crippen LogP contribution in [0.15, 0.2) is 4.99 Å². The molecule has 0 heterocycles. The smallest absolute Gasteiger partial charge is 0.239 e. The second kappa shape index (κ2) is 6.70. The number of amides is 2. The molecule has 0 rings (SSSR count). The standard InChI is InChI=1S/C7H15N5O2/c8-6(14)5(12-4-13)2-1-3-11-7(9)10/h4-5H,1-3H2,(H2,8,14)(H,12,13)(H4,9,10,11). The number of primary amides is 1. The number of guanidine groups is 1. The van der Waals surface area contributed by atoms with E-state index in [1.54, 1.807) is 0 Å². The van der Waals surface area contributed by atoms with Crippen molar-refractivity contribution in [2.24, 2.45) is 22.2 Å². The molecule has 1 atom stereocenters. The maximum absolute atomic E-state index is 10.7. The van der Waals surface area contributed by atoms with Crippen molar-refractivity contribution in [2.45, 2.75) is 18.9 Å². The summed E-state index contributed by atoms with van der Waals surface area (Å²) in [5.74, 6) is -0.564. The van der Waals surface area contributed by atoms with Crippen LogP contribution in [0.5, 0.6) is 0 Å².